The van der Waals surface area contributed by atoms with Crippen LogP contribution in [0.4, 0.5) is 5.69 Å². The molecule has 0 saturated carbocycles. The number of benzene rings is 2. The van der Waals surface area contributed by atoms with Crippen molar-refractivity contribution in [2.45, 2.75) is 6.54 Å². The Morgan fingerprint density at radius 3 is 2.55 bits per heavy atom. The van der Waals surface area contributed by atoms with Crippen molar-refractivity contribution in [3.63, 3.8) is 0 Å². The van der Waals surface area contributed by atoms with Gasteiger partial charge in [-0.3, -0.25) is 0 Å². The van der Waals surface area contributed by atoms with Crippen LogP contribution in [-0.2, 0) is 6.54 Å². The van der Waals surface area contributed by atoms with Crippen molar-refractivity contribution in [1.29, 1.82) is 0 Å². The minimum atomic E-state index is 0.609. The highest BCUT2D eigenvalue weighted by Gasteiger charge is 2.10. The summed E-state index contributed by atoms with van der Waals surface area (Å²) in [5.41, 5.74) is 1.91. The fourth-order valence-electron chi connectivity index (χ4n) is 1.80. The number of ether oxygens (including phenoxy) is 1. The van der Waals surface area contributed by atoms with Crippen LogP contribution in [0.25, 0.3) is 0 Å². The summed E-state index contributed by atoms with van der Waals surface area (Å²) in [6.07, 6.45) is 0. The van der Waals surface area contributed by atoms with Gasteiger partial charge in [0.15, 0.2) is 0 Å². The third-order valence-corrected chi connectivity index (χ3v) is 4.56. The smallest absolute Gasteiger partial charge is 0.138 e. The number of halogens is 4. The molecule has 6 heteroatoms. The lowest BCUT2D eigenvalue weighted by atomic mass is 10.2. The number of hydrogen-bond donors (Lipinski definition) is 1. The van der Waals surface area contributed by atoms with Gasteiger partial charge in [-0.15, -0.1) is 0 Å². The summed E-state index contributed by atoms with van der Waals surface area (Å²) >= 11 is 16.6. The van der Waals surface area contributed by atoms with E-state index in [2.05, 4.69) is 53.1 Å². The molecule has 0 heterocycles. The Kier molecular flexibility index (Phi) is 5.78. The molecule has 0 aliphatic carbocycles. The Hall–Kier alpha value is -0.230. The molecular weight excluding hydrogens is 473 g/mol. The van der Waals surface area contributed by atoms with Crippen LogP contribution in [0.3, 0.4) is 0 Å². The second-order valence-electron chi connectivity index (χ2n) is 4.06. The fraction of sp³-hybridized carbons (Fsp3) is 0.143. The van der Waals surface area contributed by atoms with E-state index < -0.39 is 0 Å². The monoisotopic (exact) mass is 481 g/mol. The molecule has 1 N–H and O–H groups in total. The van der Waals surface area contributed by atoms with Crippen molar-refractivity contribution in [2.24, 2.45) is 0 Å². The Balaban J connectivity index is 2.24. The second kappa shape index (κ2) is 7.16. The van der Waals surface area contributed by atoms with E-state index in [4.69, 9.17) is 16.3 Å². The molecular formula is C14H11Br3ClNO. The lowest BCUT2D eigenvalue weighted by Crippen LogP contribution is -2.03. The minimum absolute atomic E-state index is 0.609. The minimum Gasteiger partial charge on any atom is -0.495 e. The average Bonchev–Trinajstić information content (AvgIpc) is 2.39. The third kappa shape index (κ3) is 3.91. The molecule has 2 aromatic rings. The first kappa shape index (κ1) is 16.1. The highest BCUT2D eigenvalue weighted by molar-refractivity contribution is 9.11. The van der Waals surface area contributed by atoms with Gasteiger partial charge in [-0.05, 0) is 46.3 Å². The lowest BCUT2D eigenvalue weighted by molar-refractivity contribution is 0.407. The zero-order valence-corrected chi connectivity index (χ0v) is 16.0. The zero-order valence-electron chi connectivity index (χ0n) is 10.5. The van der Waals surface area contributed by atoms with Gasteiger partial charge in [0.05, 0.1) is 22.3 Å². The van der Waals surface area contributed by atoms with Crippen molar-refractivity contribution in [3.05, 3.63) is 54.3 Å². The van der Waals surface area contributed by atoms with Crippen molar-refractivity contribution in [2.75, 3.05) is 12.4 Å². The maximum absolute atomic E-state index is 6.17. The average molecular weight is 484 g/mol. The molecule has 0 spiro atoms. The van der Waals surface area contributed by atoms with Crippen molar-refractivity contribution in [3.8, 4) is 5.75 Å². The van der Waals surface area contributed by atoms with Crippen molar-refractivity contribution >= 4 is 65.1 Å². The molecule has 0 aromatic heterocycles. The number of anilines is 1. The van der Waals surface area contributed by atoms with Gasteiger partial charge in [0.1, 0.15) is 5.75 Å². The maximum Gasteiger partial charge on any atom is 0.138 e. The molecule has 0 amide bonds. The van der Waals surface area contributed by atoms with Crippen LogP contribution >= 0.6 is 59.4 Å². The van der Waals surface area contributed by atoms with Crippen LogP contribution < -0.4 is 10.1 Å². The SMILES string of the molecule is COc1c(Br)cc(Br)cc1CNc1cc(Br)ccc1Cl. The summed E-state index contributed by atoms with van der Waals surface area (Å²) in [4.78, 5) is 0. The number of rotatable bonds is 4. The van der Waals surface area contributed by atoms with Crippen LogP contribution in [0, 0.1) is 0 Å². The van der Waals surface area contributed by atoms with E-state index in [1.807, 2.05) is 30.3 Å². The maximum atomic E-state index is 6.17. The van der Waals surface area contributed by atoms with Gasteiger partial charge in [0.25, 0.3) is 0 Å². The van der Waals surface area contributed by atoms with Crippen LogP contribution in [0.2, 0.25) is 5.02 Å². The molecule has 0 bridgehead atoms. The molecule has 2 aromatic carbocycles. The number of hydrogen-bond acceptors (Lipinski definition) is 2. The molecule has 0 aliphatic rings. The highest BCUT2D eigenvalue weighted by Crippen LogP contribution is 2.34. The van der Waals surface area contributed by atoms with Crippen LogP contribution in [0.1, 0.15) is 5.56 Å². The van der Waals surface area contributed by atoms with E-state index in [-0.39, 0.29) is 0 Å². The van der Waals surface area contributed by atoms with E-state index in [0.29, 0.717) is 11.6 Å². The van der Waals surface area contributed by atoms with Crippen molar-refractivity contribution in [1.82, 2.24) is 0 Å². The van der Waals surface area contributed by atoms with Gasteiger partial charge < -0.3 is 10.1 Å². The number of nitrogens with one attached hydrogen (secondary N) is 1. The molecule has 106 valence electrons. The Morgan fingerprint density at radius 2 is 1.85 bits per heavy atom. The molecule has 0 unspecified atom stereocenters. The molecule has 0 saturated heterocycles. The van der Waals surface area contributed by atoms with Gasteiger partial charge >= 0.3 is 0 Å². The summed E-state index contributed by atoms with van der Waals surface area (Å²) in [6, 6.07) is 9.67. The van der Waals surface area contributed by atoms with Crippen LogP contribution in [-0.4, -0.2) is 7.11 Å². The molecule has 0 aliphatic heterocycles. The topological polar surface area (TPSA) is 21.3 Å². The molecule has 0 radical (unpaired) electrons. The van der Waals surface area contributed by atoms with Gasteiger partial charge in [-0.1, -0.05) is 43.5 Å². The van der Waals surface area contributed by atoms with E-state index >= 15 is 0 Å². The number of methoxy groups -OCH3 is 1. The van der Waals surface area contributed by atoms with E-state index in [9.17, 15) is 0 Å². The summed E-state index contributed by atoms with van der Waals surface area (Å²) in [6.45, 7) is 0.609. The summed E-state index contributed by atoms with van der Waals surface area (Å²) in [5, 5.41) is 4.00. The Morgan fingerprint density at radius 1 is 1.10 bits per heavy atom. The molecule has 2 rings (SSSR count). The predicted octanol–water partition coefficient (Wildman–Crippen LogP) is 6.25. The van der Waals surface area contributed by atoms with Gasteiger partial charge in [0.2, 0.25) is 0 Å². The van der Waals surface area contributed by atoms with E-state index in [1.54, 1.807) is 7.11 Å². The van der Waals surface area contributed by atoms with Crippen LogP contribution in [0.5, 0.6) is 5.75 Å². The predicted molar refractivity (Wildman–Crippen MR) is 94.9 cm³/mol. The summed E-state index contributed by atoms with van der Waals surface area (Å²) < 4.78 is 8.30. The van der Waals surface area contributed by atoms with Crippen LogP contribution in [0.15, 0.2) is 43.7 Å². The molecule has 0 atom stereocenters. The highest BCUT2D eigenvalue weighted by atomic mass is 79.9. The second-order valence-corrected chi connectivity index (χ2v) is 7.15. The summed E-state index contributed by atoms with van der Waals surface area (Å²) in [7, 11) is 1.66. The van der Waals surface area contributed by atoms with Gasteiger partial charge in [-0.25, -0.2) is 0 Å². The largest absolute Gasteiger partial charge is 0.495 e. The first-order chi connectivity index (χ1) is 9.51. The summed E-state index contributed by atoms with van der Waals surface area (Å²) in [5.74, 6) is 0.812. The zero-order chi connectivity index (χ0) is 14.7. The van der Waals surface area contributed by atoms with E-state index in [1.165, 1.54) is 0 Å². The lowest BCUT2D eigenvalue weighted by Gasteiger charge is -2.14. The molecule has 0 fully saturated rings. The molecule has 20 heavy (non-hydrogen) atoms. The first-order valence-electron chi connectivity index (χ1n) is 5.72. The fourth-order valence-corrected chi connectivity index (χ4v) is 3.82. The first-order valence-corrected chi connectivity index (χ1v) is 8.48. The van der Waals surface area contributed by atoms with Crippen molar-refractivity contribution < 1.29 is 4.74 Å². The van der Waals surface area contributed by atoms with Gasteiger partial charge in [-0.2, -0.15) is 0 Å². The Labute approximate surface area is 148 Å². The normalized spacial score (nSPS) is 10.4. The third-order valence-electron chi connectivity index (χ3n) is 2.69. The van der Waals surface area contributed by atoms with E-state index in [0.717, 1.165) is 30.4 Å². The van der Waals surface area contributed by atoms with Gasteiger partial charge in [0, 0.05) is 21.1 Å². The molecule has 2 nitrogen and oxygen atoms in total. The standard InChI is InChI=1S/C14H11Br3ClNO/c1-20-14-8(4-10(16)5-11(14)17)7-19-13-6-9(15)2-3-12(13)18/h2-6,19H,7H2,1H3. The Bertz CT molecular complexity index is 634. The quantitative estimate of drug-likeness (QED) is 0.554.